The van der Waals surface area contributed by atoms with Crippen LogP contribution in [0.25, 0.3) is 0 Å². The Morgan fingerprint density at radius 2 is 2.06 bits per heavy atom. The summed E-state index contributed by atoms with van der Waals surface area (Å²) >= 11 is 0. The van der Waals surface area contributed by atoms with E-state index >= 15 is 0 Å². The predicted molar refractivity (Wildman–Crippen MR) is 69.3 cm³/mol. The summed E-state index contributed by atoms with van der Waals surface area (Å²) < 4.78 is 11.9. The van der Waals surface area contributed by atoms with Gasteiger partial charge in [0, 0.05) is 18.0 Å². The van der Waals surface area contributed by atoms with E-state index in [4.69, 9.17) is 5.73 Å². The lowest BCUT2D eigenvalue weighted by atomic mass is 10.1. The van der Waals surface area contributed by atoms with Gasteiger partial charge in [0.25, 0.3) is 0 Å². The number of hydrogen-bond acceptors (Lipinski definition) is 3. The minimum Gasteiger partial charge on any atom is -0.354 e. The topological polar surface area (TPSA) is 72.2 Å². The Morgan fingerprint density at radius 1 is 1.35 bits per heavy atom. The van der Waals surface area contributed by atoms with Gasteiger partial charge in [-0.25, -0.2) is 0 Å². The van der Waals surface area contributed by atoms with Gasteiger partial charge < -0.3 is 11.1 Å². The Kier molecular flexibility index (Phi) is 5.31. The third-order valence-electron chi connectivity index (χ3n) is 2.47. The van der Waals surface area contributed by atoms with Gasteiger partial charge in [0.15, 0.2) is 0 Å². The maximum Gasteiger partial charge on any atom is 0.233 e. The Balaban J connectivity index is 2.63. The molecule has 0 saturated carbocycles. The molecule has 0 spiro atoms. The van der Waals surface area contributed by atoms with Gasteiger partial charge in [0.05, 0.1) is 10.8 Å². The lowest BCUT2D eigenvalue weighted by Crippen LogP contribution is -2.32. The maximum atomic E-state index is 11.9. The third kappa shape index (κ3) is 4.28. The van der Waals surface area contributed by atoms with Crippen molar-refractivity contribution in [2.75, 3.05) is 18.8 Å². The lowest BCUT2D eigenvalue weighted by Gasteiger charge is -2.06. The monoisotopic (exact) mass is 254 g/mol. The summed E-state index contributed by atoms with van der Waals surface area (Å²) in [4.78, 5) is 12.1. The van der Waals surface area contributed by atoms with E-state index in [1.165, 1.54) is 0 Å². The second-order valence-electron chi connectivity index (χ2n) is 3.87. The zero-order valence-electron chi connectivity index (χ0n) is 10.2. The van der Waals surface area contributed by atoms with Crippen LogP contribution in [0.1, 0.15) is 11.1 Å². The zero-order valence-corrected chi connectivity index (χ0v) is 11.0. The Bertz CT molecular complexity index is 433. The second kappa shape index (κ2) is 6.51. The molecule has 1 aromatic carbocycles. The average Bonchev–Trinajstić information content (AvgIpc) is 2.30. The van der Waals surface area contributed by atoms with Gasteiger partial charge in [-0.15, -0.1) is 0 Å². The smallest absolute Gasteiger partial charge is 0.233 e. The number of nitrogens with one attached hydrogen (secondary N) is 1. The van der Waals surface area contributed by atoms with Crippen LogP contribution in [0.4, 0.5) is 0 Å². The van der Waals surface area contributed by atoms with E-state index in [-0.39, 0.29) is 11.7 Å². The molecule has 5 heteroatoms. The molecule has 0 radical (unpaired) electrons. The van der Waals surface area contributed by atoms with Crippen molar-refractivity contribution in [3.8, 4) is 0 Å². The molecule has 1 unspecified atom stereocenters. The fourth-order valence-electron chi connectivity index (χ4n) is 1.32. The van der Waals surface area contributed by atoms with Gasteiger partial charge in [0.1, 0.15) is 5.75 Å². The molecule has 0 heterocycles. The van der Waals surface area contributed by atoms with E-state index in [0.29, 0.717) is 18.0 Å². The van der Waals surface area contributed by atoms with Crippen LogP contribution in [0.3, 0.4) is 0 Å². The zero-order chi connectivity index (χ0) is 12.8. The summed E-state index contributed by atoms with van der Waals surface area (Å²) in [6, 6.07) is 5.58. The van der Waals surface area contributed by atoms with Crippen molar-refractivity contribution in [1.82, 2.24) is 5.32 Å². The summed E-state index contributed by atoms with van der Waals surface area (Å²) in [6.45, 7) is 4.77. The van der Waals surface area contributed by atoms with Crippen LogP contribution in [0.5, 0.6) is 0 Å². The molecule has 0 fully saturated rings. The Labute approximate surface area is 104 Å². The first-order valence-corrected chi connectivity index (χ1v) is 6.79. The van der Waals surface area contributed by atoms with Gasteiger partial charge >= 0.3 is 0 Å². The molecule has 17 heavy (non-hydrogen) atoms. The number of benzene rings is 1. The van der Waals surface area contributed by atoms with Gasteiger partial charge in [-0.2, -0.15) is 0 Å². The SMILES string of the molecule is Cc1ccc(S(=O)CC(=O)NCCN)cc1C. The van der Waals surface area contributed by atoms with Crippen LogP contribution in [0.15, 0.2) is 23.1 Å². The molecule has 0 aliphatic carbocycles. The Morgan fingerprint density at radius 3 is 2.65 bits per heavy atom. The highest BCUT2D eigenvalue weighted by Gasteiger charge is 2.10. The highest BCUT2D eigenvalue weighted by Crippen LogP contribution is 2.13. The molecular weight excluding hydrogens is 236 g/mol. The van der Waals surface area contributed by atoms with Crippen molar-refractivity contribution < 1.29 is 9.00 Å². The molecular formula is C12H18N2O2S. The minimum absolute atomic E-state index is 0.0114. The highest BCUT2D eigenvalue weighted by atomic mass is 32.2. The molecule has 94 valence electrons. The first kappa shape index (κ1) is 13.9. The van der Waals surface area contributed by atoms with Crippen LogP contribution in [0.2, 0.25) is 0 Å². The quantitative estimate of drug-likeness (QED) is 0.803. The molecule has 4 nitrogen and oxygen atoms in total. The Hall–Kier alpha value is -1.20. The van der Waals surface area contributed by atoms with E-state index in [9.17, 15) is 9.00 Å². The van der Waals surface area contributed by atoms with E-state index in [2.05, 4.69) is 5.32 Å². The number of carbonyl (C=O) groups excluding carboxylic acids is 1. The van der Waals surface area contributed by atoms with Crippen molar-refractivity contribution in [2.24, 2.45) is 5.73 Å². The number of aryl methyl sites for hydroxylation is 2. The first-order chi connectivity index (χ1) is 8.04. The van der Waals surface area contributed by atoms with Crippen molar-refractivity contribution in [1.29, 1.82) is 0 Å². The summed E-state index contributed by atoms with van der Waals surface area (Å²) in [6.07, 6.45) is 0. The van der Waals surface area contributed by atoms with Crippen molar-refractivity contribution in [2.45, 2.75) is 18.7 Å². The van der Waals surface area contributed by atoms with E-state index in [1.54, 1.807) is 6.07 Å². The van der Waals surface area contributed by atoms with Gasteiger partial charge in [0.2, 0.25) is 5.91 Å². The molecule has 0 saturated heterocycles. The van der Waals surface area contributed by atoms with Crippen LogP contribution in [0, 0.1) is 13.8 Å². The molecule has 3 N–H and O–H groups in total. The number of amides is 1. The maximum absolute atomic E-state index is 11.9. The molecule has 1 amide bonds. The minimum atomic E-state index is -1.29. The normalized spacial score (nSPS) is 12.2. The molecule has 1 atom stereocenters. The summed E-state index contributed by atoms with van der Waals surface area (Å²) in [5.74, 6) is -0.241. The van der Waals surface area contributed by atoms with Crippen LogP contribution >= 0.6 is 0 Å². The number of rotatable bonds is 5. The van der Waals surface area contributed by atoms with Gasteiger partial charge in [-0.1, -0.05) is 6.07 Å². The van der Waals surface area contributed by atoms with E-state index in [0.717, 1.165) is 11.1 Å². The third-order valence-corrected chi connectivity index (χ3v) is 3.77. The fraction of sp³-hybridized carbons (Fsp3) is 0.417. The summed E-state index contributed by atoms with van der Waals surface area (Å²) in [5.41, 5.74) is 7.50. The molecule has 0 bridgehead atoms. The van der Waals surface area contributed by atoms with Gasteiger partial charge in [-0.3, -0.25) is 9.00 Å². The number of carbonyl (C=O) groups is 1. The van der Waals surface area contributed by atoms with Gasteiger partial charge in [-0.05, 0) is 37.1 Å². The van der Waals surface area contributed by atoms with Crippen LogP contribution in [-0.2, 0) is 15.6 Å². The highest BCUT2D eigenvalue weighted by molar-refractivity contribution is 7.85. The van der Waals surface area contributed by atoms with Crippen molar-refractivity contribution in [3.63, 3.8) is 0 Å². The summed E-state index contributed by atoms with van der Waals surface area (Å²) in [7, 11) is -1.29. The number of nitrogens with two attached hydrogens (primary N) is 1. The van der Waals surface area contributed by atoms with Crippen molar-refractivity contribution >= 4 is 16.7 Å². The van der Waals surface area contributed by atoms with E-state index in [1.807, 2.05) is 26.0 Å². The number of hydrogen-bond donors (Lipinski definition) is 2. The van der Waals surface area contributed by atoms with Crippen molar-refractivity contribution in [3.05, 3.63) is 29.3 Å². The first-order valence-electron chi connectivity index (χ1n) is 5.47. The fourth-order valence-corrected chi connectivity index (χ4v) is 2.36. The van der Waals surface area contributed by atoms with E-state index < -0.39 is 10.8 Å². The average molecular weight is 254 g/mol. The van der Waals surface area contributed by atoms with Crippen LogP contribution in [-0.4, -0.2) is 29.0 Å². The second-order valence-corrected chi connectivity index (χ2v) is 5.33. The molecule has 0 aliphatic rings. The molecule has 1 rings (SSSR count). The molecule has 0 aromatic heterocycles. The lowest BCUT2D eigenvalue weighted by molar-refractivity contribution is -0.118. The largest absolute Gasteiger partial charge is 0.354 e. The molecule has 1 aromatic rings. The summed E-state index contributed by atoms with van der Waals surface area (Å²) in [5, 5.41) is 2.60. The van der Waals surface area contributed by atoms with Crippen LogP contribution < -0.4 is 11.1 Å². The molecule has 0 aliphatic heterocycles. The standard InChI is InChI=1S/C12H18N2O2S/c1-9-3-4-11(7-10(9)2)17(16)8-12(15)14-6-5-13/h3-4,7H,5-6,8,13H2,1-2H3,(H,14,15). The predicted octanol–water partition coefficient (Wildman–Crippen LogP) is 0.486.